The molecule has 1 aromatic heterocycles. The zero-order chi connectivity index (χ0) is 12.2. The third-order valence-corrected chi connectivity index (χ3v) is 3.58. The Morgan fingerprint density at radius 2 is 2.00 bits per heavy atom. The van der Waals surface area contributed by atoms with E-state index in [0.717, 1.165) is 0 Å². The first-order valence-corrected chi connectivity index (χ1v) is 6.29. The fraction of sp³-hybridized carbons (Fsp3) is 0.500. The highest BCUT2D eigenvalue weighted by molar-refractivity contribution is 7.89. The van der Waals surface area contributed by atoms with Crippen LogP contribution in [0.25, 0.3) is 0 Å². The molecule has 0 spiro atoms. The van der Waals surface area contributed by atoms with Gasteiger partial charge in [-0.3, -0.25) is 5.43 Å². The van der Waals surface area contributed by atoms with E-state index in [1.54, 1.807) is 6.92 Å². The third kappa shape index (κ3) is 3.12. The molecule has 0 saturated heterocycles. The molecule has 0 aromatic carbocycles. The van der Waals surface area contributed by atoms with Crippen LogP contribution in [0.2, 0.25) is 0 Å². The lowest BCUT2D eigenvalue weighted by Crippen LogP contribution is -2.32. The fourth-order valence-electron chi connectivity index (χ4n) is 0.946. The maximum Gasteiger partial charge on any atom is 0.243 e. The van der Waals surface area contributed by atoms with Crippen LogP contribution in [-0.4, -0.2) is 24.4 Å². The zero-order valence-electron chi connectivity index (χ0n) is 9.14. The average molecular weight is 245 g/mol. The number of aromatic nitrogens is 2. The van der Waals surface area contributed by atoms with Gasteiger partial charge in [-0.05, 0) is 13.3 Å². The van der Waals surface area contributed by atoms with Crippen LogP contribution < -0.4 is 16.0 Å². The van der Waals surface area contributed by atoms with E-state index in [1.165, 1.54) is 12.4 Å². The molecule has 1 aromatic rings. The summed E-state index contributed by atoms with van der Waals surface area (Å²) in [4.78, 5) is 7.48. The number of nitrogen functional groups attached to an aromatic ring is 1. The van der Waals surface area contributed by atoms with Crippen molar-refractivity contribution < 1.29 is 8.42 Å². The molecule has 0 saturated carbocycles. The van der Waals surface area contributed by atoms with Crippen LogP contribution in [0.4, 0.5) is 5.95 Å². The van der Waals surface area contributed by atoms with E-state index in [4.69, 9.17) is 5.84 Å². The number of hydrogen-bond donors (Lipinski definition) is 3. The number of nitrogens with two attached hydrogens (primary N) is 1. The minimum absolute atomic E-state index is 0.0202. The summed E-state index contributed by atoms with van der Waals surface area (Å²) in [6, 6.07) is -0.127. The van der Waals surface area contributed by atoms with Gasteiger partial charge in [-0.2, -0.15) is 0 Å². The molecule has 0 aliphatic rings. The molecule has 0 aliphatic carbocycles. The number of rotatable bonds is 5. The predicted molar refractivity (Wildman–Crippen MR) is 59.9 cm³/mol. The number of nitrogens with zero attached hydrogens (tertiary/aromatic N) is 2. The van der Waals surface area contributed by atoms with Crippen LogP contribution in [-0.2, 0) is 10.0 Å². The zero-order valence-corrected chi connectivity index (χ0v) is 9.95. The minimum Gasteiger partial charge on any atom is -0.292 e. The van der Waals surface area contributed by atoms with Crippen molar-refractivity contribution in [3.05, 3.63) is 12.4 Å². The topological polar surface area (TPSA) is 110 Å². The van der Waals surface area contributed by atoms with Crippen LogP contribution in [0.3, 0.4) is 0 Å². The summed E-state index contributed by atoms with van der Waals surface area (Å²) in [5.41, 5.74) is 2.22. The lowest BCUT2D eigenvalue weighted by atomic mass is 10.3. The van der Waals surface area contributed by atoms with E-state index >= 15 is 0 Å². The lowest BCUT2D eigenvalue weighted by molar-refractivity contribution is 0.555. The molecule has 1 heterocycles. The van der Waals surface area contributed by atoms with Gasteiger partial charge in [0, 0.05) is 6.04 Å². The van der Waals surface area contributed by atoms with Crippen LogP contribution in [0.5, 0.6) is 0 Å². The molecule has 1 rings (SSSR count). The molecule has 7 nitrogen and oxygen atoms in total. The van der Waals surface area contributed by atoms with Crippen molar-refractivity contribution >= 4 is 16.0 Å². The number of hydrogen-bond acceptors (Lipinski definition) is 6. The van der Waals surface area contributed by atoms with Gasteiger partial charge in [0.05, 0.1) is 12.4 Å². The first kappa shape index (κ1) is 12.8. The van der Waals surface area contributed by atoms with Gasteiger partial charge in [0.1, 0.15) is 4.90 Å². The Kier molecular flexibility index (Phi) is 4.16. The predicted octanol–water partition coefficient (Wildman–Crippen LogP) is -0.161. The van der Waals surface area contributed by atoms with Gasteiger partial charge in [-0.25, -0.2) is 29.0 Å². The normalized spacial score (nSPS) is 13.4. The number of anilines is 1. The van der Waals surface area contributed by atoms with Crippen molar-refractivity contribution in [3.63, 3.8) is 0 Å². The molecule has 16 heavy (non-hydrogen) atoms. The van der Waals surface area contributed by atoms with Crippen LogP contribution in [0.1, 0.15) is 20.3 Å². The monoisotopic (exact) mass is 245 g/mol. The second-order valence-corrected chi connectivity index (χ2v) is 5.03. The quantitative estimate of drug-likeness (QED) is 0.491. The summed E-state index contributed by atoms with van der Waals surface area (Å²) in [6.45, 7) is 3.68. The van der Waals surface area contributed by atoms with E-state index in [0.29, 0.717) is 6.42 Å². The number of hydrazine groups is 1. The third-order valence-electron chi connectivity index (χ3n) is 2.04. The molecule has 0 bridgehead atoms. The van der Waals surface area contributed by atoms with Crippen molar-refractivity contribution in [1.29, 1.82) is 0 Å². The van der Waals surface area contributed by atoms with Crippen LogP contribution in [0.15, 0.2) is 17.3 Å². The largest absolute Gasteiger partial charge is 0.292 e. The van der Waals surface area contributed by atoms with Crippen LogP contribution in [0, 0.1) is 0 Å². The van der Waals surface area contributed by atoms with E-state index in [1.807, 2.05) is 6.92 Å². The van der Waals surface area contributed by atoms with Gasteiger partial charge in [-0.1, -0.05) is 6.92 Å². The summed E-state index contributed by atoms with van der Waals surface area (Å²) in [5, 5.41) is 0. The Morgan fingerprint density at radius 1 is 1.44 bits per heavy atom. The average Bonchev–Trinajstić information content (AvgIpc) is 2.28. The van der Waals surface area contributed by atoms with Crippen molar-refractivity contribution in [1.82, 2.24) is 14.7 Å². The second-order valence-electron chi connectivity index (χ2n) is 3.32. The highest BCUT2D eigenvalue weighted by atomic mass is 32.2. The van der Waals surface area contributed by atoms with Crippen molar-refractivity contribution in [3.8, 4) is 0 Å². The molecule has 0 aliphatic heterocycles. The maximum absolute atomic E-state index is 11.8. The molecule has 0 fully saturated rings. The smallest absolute Gasteiger partial charge is 0.243 e. The molecule has 0 radical (unpaired) electrons. The molecule has 0 amide bonds. The second kappa shape index (κ2) is 5.19. The minimum atomic E-state index is -3.54. The number of nitrogens with one attached hydrogen (secondary N) is 2. The standard InChI is InChI=1S/C8H15N5O2S/c1-3-6(2)13-16(14,15)7-4-10-8(12-9)11-5-7/h4-6,13H,3,9H2,1-2H3,(H,10,11,12). The summed E-state index contributed by atoms with van der Waals surface area (Å²) in [7, 11) is -3.54. The summed E-state index contributed by atoms with van der Waals surface area (Å²) in [6.07, 6.45) is 3.11. The van der Waals surface area contributed by atoms with Gasteiger partial charge >= 0.3 is 0 Å². The Balaban J connectivity index is 2.90. The summed E-state index contributed by atoms with van der Waals surface area (Å²) < 4.78 is 26.0. The Labute approximate surface area is 94.5 Å². The van der Waals surface area contributed by atoms with E-state index in [9.17, 15) is 8.42 Å². The maximum atomic E-state index is 11.8. The van der Waals surface area contributed by atoms with Crippen molar-refractivity contribution in [2.24, 2.45) is 5.84 Å². The SMILES string of the molecule is CCC(C)NS(=O)(=O)c1cnc(NN)nc1. The summed E-state index contributed by atoms with van der Waals surface area (Å²) >= 11 is 0. The Bertz CT molecular complexity index is 430. The molecule has 1 atom stereocenters. The molecular formula is C8H15N5O2S. The molecular weight excluding hydrogens is 230 g/mol. The van der Waals surface area contributed by atoms with Gasteiger partial charge in [0.15, 0.2) is 0 Å². The first-order valence-electron chi connectivity index (χ1n) is 4.80. The van der Waals surface area contributed by atoms with E-state index < -0.39 is 10.0 Å². The number of sulfonamides is 1. The highest BCUT2D eigenvalue weighted by Gasteiger charge is 2.17. The Morgan fingerprint density at radius 3 is 2.44 bits per heavy atom. The van der Waals surface area contributed by atoms with Crippen molar-refractivity contribution in [2.45, 2.75) is 31.2 Å². The fourth-order valence-corrected chi connectivity index (χ4v) is 2.16. The van der Waals surface area contributed by atoms with Gasteiger partial charge in [0.2, 0.25) is 16.0 Å². The summed E-state index contributed by atoms with van der Waals surface area (Å²) in [5.74, 6) is 5.24. The van der Waals surface area contributed by atoms with Crippen molar-refractivity contribution in [2.75, 3.05) is 5.43 Å². The Hall–Kier alpha value is -1.25. The van der Waals surface area contributed by atoms with Crippen LogP contribution >= 0.6 is 0 Å². The van der Waals surface area contributed by atoms with E-state index in [2.05, 4.69) is 20.1 Å². The van der Waals surface area contributed by atoms with E-state index in [-0.39, 0.29) is 16.9 Å². The lowest BCUT2D eigenvalue weighted by Gasteiger charge is -2.11. The van der Waals surface area contributed by atoms with Gasteiger partial charge in [-0.15, -0.1) is 0 Å². The molecule has 90 valence electrons. The molecule has 4 N–H and O–H groups in total. The first-order chi connectivity index (χ1) is 7.49. The molecule has 8 heteroatoms. The highest BCUT2D eigenvalue weighted by Crippen LogP contribution is 2.08. The van der Waals surface area contributed by atoms with Gasteiger partial charge in [0.25, 0.3) is 0 Å². The van der Waals surface area contributed by atoms with Gasteiger partial charge < -0.3 is 0 Å². The molecule has 1 unspecified atom stereocenters.